The highest BCUT2D eigenvalue weighted by molar-refractivity contribution is 6.34. The molecule has 0 unspecified atom stereocenters. The second-order valence-electron chi connectivity index (χ2n) is 4.58. The molecule has 0 saturated heterocycles. The zero-order valence-corrected chi connectivity index (χ0v) is 13.6. The quantitative estimate of drug-likeness (QED) is 0.842. The Bertz CT molecular complexity index is 686. The molecule has 122 valence electrons. The van der Waals surface area contributed by atoms with E-state index in [-0.39, 0.29) is 10.6 Å². The first kappa shape index (κ1) is 17.1. The summed E-state index contributed by atoms with van der Waals surface area (Å²) in [7, 11) is 0. The van der Waals surface area contributed by atoms with Crippen LogP contribution in [-0.2, 0) is 0 Å². The van der Waals surface area contributed by atoms with Crippen LogP contribution in [0.3, 0.4) is 0 Å². The highest BCUT2D eigenvalue weighted by Crippen LogP contribution is 2.31. The summed E-state index contributed by atoms with van der Waals surface area (Å²) >= 11 is 5.89. The summed E-state index contributed by atoms with van der Waals surface area (Å²) in [4.78, 5) is 12.2. The first-order chi connectivity index (χ1) is 11.1. The molecule has 2 rings (SSSR count). The monoisotopic (exact) mass is 337 g/mol. The standard InChI is InChI=1S/C17H17ClFNO3/c1-3-22-14-9-8-11(10-15(14)23-4-2)20-17(21)16-12(18)6-5-7-13(16)19/h5-10H,3-4H2,1-2H3,(H,20,21). The number of benzene rings is 2. The van der Waals surface area contributed by atoms with Gasteiger partial charge in [-0.15, -0.1) is 0 Å². The predicted octanol–water partition coefficient (Wildman–Crippen LogP) is 4.53. The average Bonchev–Trinajstić information content (AvgIpc) is 2.50. The Labute approximate surface area is 139 Å². The zero-order chi connectivity index (χ0) is 16.8. The van der Waals surface area contributed by atoms with Gasteiger partial charge in [0.25, 0.3) is 5.91 Å². The highest BCUT2D eigenvalue weighted by atomic mass is 35.5. The van der Waals surface area contributed by atoms with Crippen LogP contribution in [0.2, 0.25) is 5.02 Å². The number of nitrogens with one attached hydrogen (secondary N) is 1. The first-order valence-electron chi connectivity index (χ1n) is 7.21. The third-order valence-electron chi connectivity index (χ3n) is 2.99. The molecule has 1 N–H and O–H groups in total. The Balaban J connectivity index is 2.26. The number of amides is 1. The Hall–Kier alpha value is -2.27. The lowest BCUT2D eigenvalue weighted by atomic mass is 10.2. The molecule has 4 nitrogen and oxygen atoms in total. The molecule has 2 aromatic carbocycles. The Morgan fingerprint density at radius 3 is 2.48 bits per heavy atom. The Morgan fingerprint density at radius 2 is 1.83 bits per heavy atom. The maximum Gasteiger partial charge on any atom is 0.260 e. The van der Waals surface area contributed by atoms with Crippen molar-refractivity contribution in [2.24, 2.45) is 0 Å². The van der Waals surface area contributed by atoms with E-state index >= 15 is 0 Å². The van der Waals surface area contributed by atoms with Gasteiger partial charge in [-0.05, 0) is 38.1 Å². The van der Waals surface area contributed by atoms with Gasteiger partial charge in [-0.25, -0.2) is 4.39 Å². The number of halogens is 2. The minimum atomic E-state index is -0.675. The van der Waals surface area contributed by atoms with Gasteiger partial charge in [0, 0.05) is 11.8 Å². The van der Waals surface area contributed by atoms with Crippen molar-refractivity contribution in [3.63, 3.8) is 0 Å². The van der Waals surface area contributed by atoms with Crippen LogP contribution < -0.4 is 14.8 Å². The van der Waals surface area contributed by atoms with Crippen LogP contribution in [0.15, 0.2) is 36.4 Å². The summed E-state index contributed by atoms with van der Waals surface area (Å²) in [6.45, 7) is 4.67. The van der Waals surface area contributed by atoms with E-state index in [0.29, 0.717) is 30.4 Å². The third kappa shape index (κ3) is 4.13. The van der Waals surface area contributed by atoms with E-state index in [1.54, 1.807) is 18.2 Å². The van der Waals surface area contributed by atoms with Gasteiger partial charge >= 0.3 is 0 Å². The molecule has 1 amide bonds. The van der Waals surface area contributed by atoms with Crippen LogP contribution in [0.25, 0.3) is 0 Å². The predicted molar refractivity (Wildman–Crippen MR) is 88.1 cm³/mol. The van der Waals surface area contributed by atoms with Crippen LogP contribution in [0.4, 0.5) is 10.1 Å². The van der Waals surface area contributed by atoms with Gasteiger partial charge in [0.2, 0.25) is 0 Å². The third-order valence-corrected chi connectivity index (χ3v) is 3.31. The van der Waals surface area contributed by atoms with Gasteiger partial charge < -0.3 is 14.8 Å². The number of carbonyl (C=O) groups excluding carboxylic acids is 1. The number of hydrogen-bond donors (Lipinski definition) is 1. The lowest BCUT2D eigenvalue weighted by molar-refractivity contribution is 0.102. The molecule has 0 spiro atoms. The van der Waals surface area contributed by atoms with Crippen LogP contribution in [-0.4, -0.2) is 19.1 Å². The van der Waals surface area contributed by atoms with Crippen molar-refractivity contribution < 1.29 is 18.7 Å². The molecule has 0 saturated carbocycles. The van der Waals surface area contributed by atoms with E-state index in [1.165, 1.54) is 18.2 Å². The molecular weight excluding hydrogens is 321 g/mol. The number of ether oxygens (including phenoxy) is 2. The molecule has 0 aliphatic heterocycles. The van der Waals surface area contributed by atoms with Crippen LogP contribution in [0.1, 0.15) is 24.2 Å². The molecule has 0 radical (unpaired) electrons. The van der Waals surface area contributed by atoms with Crippen LogP contribution in [0, 0.1) is 5.82 Å². The van der Waals surface area contributed by atoms with Gasteiger partial charge in [0.05, 0.1) is 23.8 Å². The van der Waals surface area contributed by atoms with E-state index < -0.39 is 11.7 Å². The molecule has 23 heavy (non-hydrogen) atoms. The Morgan fingerprint density at radius 1 is 1.13 bits per heavy atom. The summed E-state index contributed by atoms with van der Waals surface area (Å²) in [5, 5.41) is 2.66. The van der Waals surface area contributed by atoms with Crippen LogP contribution >= 0.6 is 11.6 Å². The summed E-state index contributed by atoms with van der Waals surface area (Å²) in [5.41, 5.74) is 0.266. The summed E-state index contributed by atoms with van der Waals surface area (Å²) < 4.78 is 24.7. The van der Waals surface area contributed by atoms with E-state index in [0.717, 1.165) is 0 Å². The molecule has 2 aromatic rings. The fourth-order valence-corrected chi connectivity index (χ4v) is 2.29. The van der Waals surface area contributed by atoms with Gasteiger partial charge in [-0.1, -0.05) is 17.7 Å². The maximum atomic E-state index is 13.8. The van der Waals surface area contributed by atoms with Crippen molar-refractivity contribution in [3.8, 4) is 11.5 Å². The van der Waals surface area contributed by atoms with Gasteiger partial charge in [0.1, 0.15) is 5.82 Å². The summed E-state index contributed by atoms with van der Waals surface area (Å²) in [6.07, 6.45) is 0. The SMILES string of the molecule is CCOc1ccc(NC(=O)c2c(F)cccc2Cl)cc1OCC. The van der Waals surface area contributed by atoms with Crippen molar-refractivity contribution in [2.45, 2.75) is 13.8 Å². The second-order valence-corrected chi connectivity index (χ2v) is 4.99. The molecule has 0 bridgehead atoms. The lowest BCUT2D eigenvalue weighted by Crippen LogP contribution is -2.14. The summed E-state index contributed by atoms with van der Waals surface area (Å²) in [5.74, 6) is -0.214. The average molecular weight is 338 g/mol. The van der Waals surface area contributed by atoms with Gasteiger partial charge in [-0.2, -0.15) is 0 Å². The number of rotatable bonds is 6. The molecule has 0 aliphatic rings. The van der Waals surface area contributed by atoms with Crippen LogP contribution in [0.5, 0.6) is 11.5 Å². The Kier molecular flexibility index (Phi) is 5.82. The zero-order valence-electron chi connectivity index (χ0n) is 12.9. The molecule has 0 aliphatic carbocycles. The molecule has 0 atom stereocenters. The number of carbonyl (C=O) groups is 1. The fourth-order valence-electron chi connectivity index (χ4n) is 2.04. The minimum absolute atomic E-state index is 0.0541. The topological polar surface area (TPSA) is 47.6 Å². The molecule has 0 aromatic heterocycles. The molecular formula is C17H17ClFNO3. The van der Waals surface area contributed by atoms with Gasteiger partial charge in [0.15, 0.2) is 11.5 Å². The van der Waals surface area contributed by atoms with Crippen molar-refractivity contribution in [3.05, 3.63) is 52.8 Å². The lowest BCUT2D eigenvalue weighted by Gasteiger charge is -2.13. The smallest absolute Gasteiger partial charge is 0.260 e. The normalized spacial score (nSPS) is 10.3. The van der Waals surface area contributed by atoms with E-state index in [9.17, 15) is 9.18 Å². The molecule has 0 fully saturated rings. The largest absolute Gasteiger partial charge is 0.490 e. The van der Waals surface area contributed by atoms with Crippen molar-refractivity contribution >= 4 is 23.2 Å². The van der Waals surface area contributed by atoms with Gasteiger partial charge in [-0.3, -0.25) is 4.79 Å². The molecule has 0 heterocycles. The first-order valence-corrected chi connectivity index (χ1v) is 7.59. The van der Waals surface area contributed by atoms with E-state index in [2.05, 4.69) is 5.32 Å². The maximum absolute atomic E-state index is 13.8. The van der Waals surface area contributed by atoms with Crippen molar-refractivity contribution in [1.29, 1.82) is 0 Å². The van der Waals surface area contributed by atoms with Crippen molar-refractivity contribution in [1.82, 2.24) is 0 Å². The fraction of sp³-hybridized carbons (Fsp3) is 0.235. The highest BCUT2D eigenvalue weighted by Gasteiger charge is 2.16. The van der Waals surface area contributed by atoms with E-state index in [4.69, 9.17) is 21.1 Å². The summed E-state index contributed by atoms with van der Waals surface area (Å²) in [6, 6.07) is 9.06. The molecule has 6 heteroatoms. The number of hydrogen-bond acceptors (Lipinski definition) is 3. The second kappa shape index (κ2) is 7.83. The minimum Gasteiger partial charge on any atom is -0.490 e. The van der Waals surface area contributed by atoms with E-state index in [1.807, 2.05) is 13.8 Å². The van der Waals surface area contributed by atoms with Crippen molar-refractivity contribution in [2.75, 3.05) is 18.5 Å². The number of anilines is 1.